The summed E-state index contributed by atoms with van der Waals surface area (Å²) in [6.45, 7) is 2.96. The van der Waals surface area contributed by atoms with Crippen molar-refractivity contribution in [3.05, 3.63) is 35.9 Å². The third-order valence-electron chi connectivity index (χ3n) is 2.15. The lowest BCUT2D eigenvalue weighted by atomic mass is 10.1. The van der Waals surface area contributed by atoms with Gasteiger partial charge >= 0.3 is 23.9 Å². The largest absolute Gasteiger partial charge is 0.493 e. The van der Waals surface area contributed by atoms with Crippen LogP contribution in [-0.2, 0) is 28.6 Å². The summed E-state index contributed by atoms with van der Waals surface area (Å²) in [5.41, 5.74) is 0.0428. The van der Waals surface area contributed by atoms with Crippen molar-refractivity contribution in [3.8, 4) is 0 Å². The Bertz CT molecular complexity index is 521. The Labute approximate surface area is 120 Å². The molecule has 7 heteroatoms. The van der Waals surface area contributed by atoms with Crippen LogP contribution in [0.1, 0.15) is 31.1 Å². The summed E-state index contributed by atoms with van der Waals surface area (Å²) in [6.07, 6.45) is 0. The minimum absolute atomic E-state index is 0.0428. The van der Waals surface area contributed by atoms with Gasteiger partial charge in [-0.25, -0.2) is 0 Å². The standard InChI is InChI=1S/C14H14O7/c1-9(15)19-14(20-10(2)16,21-11(3)17)13(18)12-7-5-4-6-8-12/h4-8H,1-3H3. The Morgan fingerprint density at radius 1 is 0.762 bits per heavy atom. The van der Waals surface area contributed by atoms with E-state index < -0.39 is 29.7 Å². The molecule has 0 amide bonds. The molecule has 7 nitrogen and oxygen atoms in total. The lowest BCUT2D eigenvalue weighted by Crippen LogP contribution is -2.50. The van der Waals surface area contributed by atoms with Gasteiger partial charge in [0, 0.05) is 26.3 Å². The summed E-state index contributed by atoms with van der Waals surface area (Å²) in [5.74, 6) is -6.61. The van der Waals surface area contributed by atoms with Crippen molar-refractivity contribution < 1.29 is 33.4 Å². The zero-order valence-electron chi connectivity index (χ0n) is 11.7. The minimum atomic E-state index is -2.76. The van der Waals surface area contributed by atoms with Crippen molar-refractivity contribution >= 4 is 23.7 Å². The zero-order valence-corrected chi connectivity index (χ0v) is 11.7. The van der Waals surface area contributed by atoms with Gasteiger partial charge in [-0.15, -0.1) is 0 Å². The predicted molar refractivity (Wildman–Crippen MR) is 68.8 cm³/mol. The summed E-state index contributed by atoms with van der Waals surface area (Å²) in [4.78, 5) is 46.0. The number of ether oxygens (including phenoxy) is 3. The minimum Gasteiger partial charge on any atom is -0.382 e. The van der Waals surface area contributed by atoms with Gasteiger partial charge in [0.25, 0.3) is 5.78 Å². The molecular weight excluding hydrogens is 280 g/mol. The van der Waals surface area contributed by atoms with Crippen LogP contribution in [0, 0.1) is 0 Å². The monoisotopic (exact) mass is 294 g/mol. The van der Waals surface area contributed by atoms with Gasteiger partial charge < -0.3 is 14.2 Å². The average Bonchev–Trinajstić information content (AvgIpc) is 2.36. The van der Waals surface area contributed by atoms with Gasteiger partial charge in [-0.3, -0.25) is 19.2 Å². The lowest BCUT2D eigenvalue weighted by Gasteiger charge is -2.28. The third kappa shape index (κ3) is 4.41. The molecule has 0 spiro atoms. The molecule has 1 aromatic rings. The summed E-state index contributed by atoms with van der Waals surface area (Å²) in [7, 11) is 0. The molecule has 0 saturated carbocycles. The van der Waals surface area contributed by atoms with Crippen LogP contribution in [0.2, 0.25) is 0 Å². The topological polar surface area (TPSA) is 96.0 Å². The first-order valence-corrected chi connectivity index (χ1v) is 5.95. The van der Waals surface area contributed by atoms with Crippen molar-refractivity contribution in [2.75, 3.05) is 0 Å². The molecule has 0 aliphatic heterocycles. The molecule has 21 heavy (non-hydrogen) atoms. The summed E-state index contributed by atoms with van der Waals surface area (Å²) >= 11 is 0. The van der Waals surface area contributed by atoms with Crippen molar-refractivity contribution in [1.82, 2.24) is 0 Å². The number of carbonyl (C=O) groups is 4. The maximum Gasteiger partial charge on any atom is 0.493 e. The van der Waals surface area contributed by atoms with Crippen LogP contribution in [-0.4, -0.2) is 29.7 Å². The number of hydrogen-bond donors (Lipinski definition) is 0. The Kier molecular flexibility index (Phi) is 5.18. The van der Waals surface area contributed by atoms with Crippen LogP contribution < -0.4 is 0 Å². The van der Waals surface area contributed by atoms with E-state index in [0.29, 0.717) is 0 Å². The Morgan fingerprint density at radius 3 is 1.48 bits per heavy atom. The Hall–Kier alpha value is -2.70. The summed E-state index contributed by atoms with van der Waals surface area (Å²) in [6, 6.07) is 7.55. The van der Waals surface area contributed by atoms with E-state index in [1.807, 2.05) is 0 Å². The van der Waals surface area contributed by atoms with Crippen LogP contribution in [0.15, 0.2) is 30.3 Å². The van der Waals surface area contributed by atoms with Crippen LogP contribution in [0.4, 0.5) is 0 Å². The first-order chi connectivity index (χ1) is 9.77. The van der Waals surface area contributed by atoms with E-state index in [2.05, 4.69) is 0 Å². The van der Waals surface area contributed by atoms with Gasteiger partial charge in [0.2, 0.25) is 0 Å². The van der Waals surface area contributed by atoms with E-state index in [9.17, 15) is 19.2 Å². The molecule has 0 aromatic heterocycles. The average molecular weight is 294 g/mol. The van der Waals surface area contributed by atoms with E-state index >= 15 is 0 Å². The smallest absolute Gasteiger partial charge is 0.382 e. The quantitative estimate of drug-likeness (QED) is 0.457. The molecule has 0 atom stereocenters. The fourth-order valence-corrected chi connectivity index (χ4v) is 1.54. The van der Waals surface area contributed by atoms with Crippen LogP contribution >= 0.6 is 0 Å². The van der Waals surface area contributed by atoms with Gasteiger partial charge in [0.15, 0.2) is 0 Å². The highest BCUT2D eigenvalue weighted by Crippen LogP contribution is 2.23. The molecule has 0 unspecified atom stereocenters. The van der Waals surface area contributed by atoms with E-state index in [1.54, 1.807) is 18.2 Å². The second-order valence-corrected chi connectivity index (χ2v) is 4.03. The molecule has 112 valence electrons. The fraction of sp³-hybridized carbons (Fsp3) is 0.286. The molecule has 0 heterocycles. The van der Waals surface area contributed by atoms with E-state index in [-0.39, 0.29) is 5.56 Å². The number of Topliss-reactive ketones (excluding diaryl/α,β-unsaturated/α-hetero) is 1. The van der Waals surface area contributed by atoms with Crippen LogP contribution in [0.5, 0.6) is 0 Å². The number of benzene rings is 1. The third-order valence-corrected chi connectivity index (χ3v) is 2.15. The Balaban J connectivity index is 3.31. The van der Waals surface area contributed by atoms with Gasteiger partial charge in [0.1, 0.15) is 0 Å². The predicted octanol–water partition coefficient (Wildman–Crippen LogP) is 1.21. The van der Waals surface area contributed by atoms with Crippen LogP contribution in [0.25, 0.3) is 0 Å². The van der Waals surface area contributed by atoms with Crippen molar-refractivity contribution in [1.29, 1.82) is 0 Å². The van der Waals surface area contributed by atoms with E-state index in [1.165, 1.54) is 12.1 Å². The number of hydrogen-bond acceptors (Lipinski definition) is 7. The van der Waals surface area contributed by atoms with E-state index in [4.69, 9.17) is 14.2 Å². The Morgan fingerprint density at radius 2 is 1.14 bits per heavy atom. The highest BCUT2D eigenvalue weighted by atomic mass is 16.9. The summed E-state index contributed by atoms with van der Waals surface area (Å²) in [5, 5.41) is 0. The maximum absolute atomic E-state index is 12.4. The second-order valence-electron chi connectivity index (χ2n) is 4.03. The summed E-state index contributed by atoms with van der Waals surface area (Å²) < 4.78 is 14.1. The molecule has 0 saturated heterocycles. The number of esters is 3. The van der Waals surface area contributed by atoms with Gasteiger partial charge in [-0.1, -0.05) is 30.3 Å². The highest BCUT2D eigenvalue weighted by molar-refractivity contribution is 6.03. The van der Waals surface area contributed by atoms with Crippen molar-refractivity contribution in [2.45, 2.75) is 26.7 Å². The molecule has 0 radical (unpaired) electrons. The highest BCUT2D eigenvalue weighted by Gasteiger charge is 2.50. The lowest BCUT2D eigenvalue weighted by molar-refractivity contribution is -0.296. The maximum atomic E-state index is 12.4. The molecule has 0 aliphatic carbocycles. The normalized spacial score (nSPS) is 10.4. The molecule has 1 aromatic carbocycles. The van der Waals surface area contributed by atoms with Gasteiger partial charge in [-0.2, -0.15) is 0 Å². The number of ketones is 1. The SMILES string of the molecule is CC(=O)OC(OC(C)=O)(OC(C)=O)C(=O)c1ccccc1. The molecular formula is C14H14O7. The van der Waals surface area contributed by atoms with E-state index in [0.717, 1.165) is 20.8 Å². The first kappa shape index (κ1) is 16.4. The fourth-order valence-electron chi connectivity index (χ4n) is 1.54. The van der Waals surface area contributed by atoms with Gasteiger partial charge in [-0.05, 0) is 0 Å². The zero-order chi connectivity index (χ0) is 16.0. The second kappa shape index (κ2) is 6.65. The van der Waals surface area contributed by atoms with Gasteiger partial charge in [0.05, 0.1) is 0 Å². The van der Waals surface area contributed by atoms with Crippen molar-refractivity contribution in [2.24, 2.45) is 0 Å². The molecule has 0 aliphatic rings. The number of carbonyl (C=O) groups excluding carboxylic acids is 4. The molecule has 0 N–H and O–H groups in total. The first-order valence-electron chi connectivity index (χ1n) is 5.95. The van der Waals surface area contributed by atoms with Crippen LogP contribution in [0.3, 0.4) is 0 Å². The molecule has 1 rings (SSSR count). The molecule has 0 bridgehead atoms. The van der Waals surface area contributed by atoms with Crippen molar-refractivity contribution in [3.63, 3.8) is 0 Å². The number of rotatable bonds is 5. The molecule has 0 fully saturated rings.